The van der Waals surface area contributed by atoms with Gasteiger partial charge in [0.15, 0.2) is 0 Å². The summed E-state index contributed by atoms with van der Waals surface area (Å²) in [4.78, 5) is 42.3. The fourth-order valence-electron chi connectivity index (χ4n) is 5.45. The van der Waals surface area contributed by atoms with Gasteiger partial charge in [-0.05, 0) is 16.7 Å². The maximum absolute atomic E-state index is 13.9. The molecule has 6 heteroatoms. The van der Waals surface area contributed by atoms with Gasteiger partial charge in [-0.15, -0.1) is 0 Å². The van der Waals surface area contributed by atoms with Crippen molar-refractivity contribution in [3.63, 3.8) is 0 Å². The van der Waals surface area contributed by atoms with Crippen LogP contribution in [0.15, 0.2) is 91.0 Å². The smallest absolute Gasteiger partial charge is 0.327 e. The molecule has 0 radical (unpaired) electrons. The molecule has 2 fully saturated rings. The van der Waals surface area contributed by atoms with Crippen LogP contribution in [0.25, 0.3) is 0 Å². The molecule has 2 aliphatic rings. The van der Waals surface area contributed by atoms with Crippen LogP contribution in [0.2, 0.25) is 0 Å². The lowest BCUT2D eigenvalue weighted by Crippen LogP contribution is -2.57. The zero-order valence-corrected chi connectivity index (χ0v) is 18.9. The average Bonchev–Trinajstić information content (AvgIpc) is 3.35. The van der Waals surface area contributed by atoms with Gasteiger partial charge in [-0.2, -0.15) is 0 Å². The Morgan fingerprint density at radius 1 is 0.853 bits per heavy atom. The molecule has 0 unspecified atom stereocenters. The minimum atomic E-state index is -1.36. The van der Waals surface area contributed by atoms with Crippen molar-refractivity contribution in [3.8, 4) is 0 Å². The van der Waals surface area contributed by atoms with Crippen molar-refractivity contribution in [2.75, 3.05) is 7.11 Å². The molecule has 2 heterocycles. The van der Waals surface area contributed by atoms with Gasteiger partial charge in [0.05, 0.1) is 25.5 Å². The summed E-state index contributed by atoms with van der Waals surface area (Å²) in [5.41, 5.74) is 1.24. The van der Waals surface area contributed by atoms with E-state index in [0.717, 1.165) is 16.7 Å². The Morgan fingerprint density at radius 3 is 2.00 bits per heavy atom. The average molecular weight is 455 g/mol. The van der Waals surface area contributed by atoms with E-state index in [1.165, 1.54) is 12.0 Å². The second-order valence-electron chi connectivity index (χ2n) is 8.91. The van der Waals surface area contributed by atoms with E-state index in [-0.39, 0.29) is 24.8 Å². The van der Waals surface area contributed by atoms with Crippen molar-refractivity contribution in [3.05, 3.63) is 108 Å². The third-order valence-corrected chi connectivity index (χ3v) is 6.96. The molecule has 5 rings (SSSR count). The van der Waals surface area contributed by atoms with Crippen molar-refractivity contribution in [2.45, 2.75) is 24.5 Å². The summed E-state index contributed by atoms with van der Waals surface area (Å²) >= 11 is 0. The number of likely N-dealkylation sites (tertiary alicyclic amines) is 1. The molecular formula is C28H26N2O4. The third kappa shape index (κ3) is 3.60. The Hall–Kier alpha value is -3.77. The highest BCUT2D eigenvalue weighted by atomic mass is 16.5. The number of rotatable bonds is 6. The molecular weight excluding hydrogens is 428 g/mol. The van der Waals surface area contributed by atoms with Crippen LogP contribution < -0.4 is 5.32 Å². The fraction of sp³-hybridized carbons (Fsp3) is 0.250. The van der Waals surface area contributed by atoms with E-state index < -0.39 is 29.4 Å². The number of carbonyl (C=O) groups excluding carboxylic acids is 3. The zero-order chi connectivity index (χ0) is 23.7. The molecule has 2 aliphatic heterocycles. The van der Waals surface area contributed by atoms with E-state index in [9.17, 15) is 14.4 Å². The van der Waals surface area contributed by atoms with Crippen LogP contribution in [0.3, 0.4) is 0 Å². The first-order valence-electron chi connectivity index (χ1n) is 11.4. The summed E-state index contributed by atoms with van der Waals surface area (Å²) in [5, 5.41) is 3.42. The molecule has 0 aromatic heterocycles. The Bertz CT molecular complexity index is 1200. The molecule has 34 heavy (non-hydrogen) atoms. The highest BCUT2D eigenvalue weighted by Gasteiger charge is 2.68. The Morgan fingerprint density at radius 2 is 1.41 bits per heavy atom. The molecule has 4 atom stereocenters. The predicted octanol–water partition coefficient (Wildman–Crippen LogP) is 3.29. The minimum absolute atomic E-state index is 0.176. The third-order valence-electron chi connectivity index (χ3n) is 6.96. The standard InChI is InChI=1S/C28H26N2O4/c1-34-27(33)28(17-19-11-5-2-6-12-19)23-22(24(29-28)21-15-9-4-10-16-21)25(31)30(26(23)32)18-20-13-7-3-8-14-20/h2-16,22-24,29H,17-18H2,1H3/t22-,23-,24+,28-/m1/s1. The number of imide groups is 1. The SMILES string of the molecule is COC(=O)[C@]1(Cc2ccccc2)N[C@@H](c2ccccc2)[C@@H]2C(=O)N(Cc3ccccc3)C(=O)[C@@H]21. The summed E-state index contributed by atoms with van der Waals surface area (Å²) in [7, 11) is 1.32. The van der Waals surface area contributed by atoms with Gasteiger partial charge in [0.25, 0.3) is 0 Å². The molecule has 3 aromatic rings. The van der Waals surface area contributed by atoms with Gasteiger partial charge in [0, 0.05) is 12.5 Å². The van der Waals surface area contributed by atoms with E-state index in [1.54, 1.807) is 0 Å². The number of esters is 1. The number of ether oxygens (including phenoxy) is 1. The van der Waals surface area contributed by atoms with Crippen molar-refractivity contribution < 1.29 is 19.1 Å². The number of hydrogen-bond acceptors (Lipinski definition) is 5. The number of benzene rings is 3. The zero-order valence-electron chi connectivity index (χ0n) is 18.9. The van der Waals surface area contributed by atoms with Crippen LogP contribution in [0, 0.1) is 11.8 Å². The molecule has 0 saturated carbocycles. The lowest BCUT2D eigenvalue weighted by Gasteiger charge is -2.32. The highest BCUT2D eigenvalue weighted by Crippen LogP contribution is 2.50. The van der Waals surface area contributed by atoms with Crippen molar-refractivity contribution >= 4 is 17.8 Å². The van der Waals surface area contributed by atoms with Gasteiger partial charge >= 0.3 is 5.97 Å². The fourth-order valence-corrected chi connectivity index (χ4v) is 5.45. The van der Waals surface area contributed by atoms with Crippen LogP contribution in [0.1, 0.15) is 22.7 Å². The molecule has 2 amide bonds. The topological polar surface area (TPSA) is 75.7 Å². The van der Waals surface area contributed by atoms with Crippen LogP contribution >= 0.6 is 0 Å². The van der Waals surface area contributed by atoms with Gasteiger partial charge < -0.3 is 4.74 Å². The summed E-state index contributed by atoms with van der Waals surface area (Å²) in [6.07, 6.45) is 0.239. The van der Waals surface area contributed by atoms with Crippen LogP contribution in [0.4, 0.5) is 0 Å². The van der Waals surface area contributed by atoms with Gasteiger partial charge in [-0.25, -0.2) is 0 Å². The number of carbonyl (C=O) groups is 3. The van der Waals surface area contributed by atoms with Crippen LogP contribution in [-0.2, 0) is 32.1 Å². The largest absolute Gasteiger partial charge is 0.468 e. The van der Waals surface area contributed by atoms with Crippen molar-refractivity contribution in [2.24, 2.45) is 11.8 Å². The Kier molecular flexibility index (Phi) is 5.75. The molecule has 0 bridgehead atoms. The summed E-state index contributed by atoms with van der Waals surface area (Å²) in [5.74, 6) is -2.72. The maximum atomic E-state index is 13.9. The summed E-state index contributed by atoms with van der Waals surface area (Å²) < 4.78 is 5.26. The highest BCUT2D eigenvalue weighted by molar-refractivity contribution is 6.09. The summed E-state index contributed by atoms with van der Waals surface area (Å²) in [6.45, 7) is 0.176. The Labute approximate surface area is 198 Å². The molecule has 3 aromatic carbocycles. The van der Waals surface area contributed by atoms with E-state index in [2.05, 4.69) is 5.32 Å². The van der Waals surface area contributed by atoms with Crippen LogP contribution in [0.5, 0.6) is 0 Å². The second-order valence-corrected chi connectivity index (χ2v) is 8.91. The first kappa shape index (κ1) is 22.0. The molecule has 0 aliphatic carbocycles. The van der Waals surface area contributed by atoms with E-state index >= 15 is 0 Å². The molecule has 1 N–H and O–H groups in total. The van der Waals surface area contributed by atoms with E-state index in [0.29, 0.717) is 0 Å². The lowest BCUT2D eigenvalue weighted by molar-refractivity contribution is -0.154. The lowest BCUT2D eigenvalue weighted by atomic mass is 9.76. The van der Waals surface area contributed by atoms with Crippen molar-refractivity contribution in [1.29, 1.82) is 0 Å². The minimum Gasteiger partial charge on any atom is -0.468 e. The van der Waals surface area contributed by atoms with Gasteiger partial charge in [-0.1, -0.05) is 91.0 Å². The quantitative estimate of drug-likeness (QED) is 0.457. The predicted molar refractivity (Wildman–Crippen MR) is 126 cm³/mol. The first-order valence-corrected chi connectivity index (χ1v) is 11.4. The number of fused-ring (bicyclic) bond motifs is 1. The van der Waals surface area contributed by atoms with Gasteiger partial charge in [0.1, 0.15) is 5.54 Å². The first-order chi connectivity index (χ1) is 16.5. The van der Waals surface area contributed by atoms with Gasteiger partial charge in [-0.3, -0.25) is 24.6 Å². The molecule has 2 saturated heterocycles. The number of nitrogens with one attached hydrogen (secondary N) is 1. The number of nitrogens with zero attached hydrogens (tertiary/aromatic N) is 1. The monoisotopic (exact) mass is 454 g/mol. The molecule has 172 valence electrons. The van der Waals surface area contributed by atoms with E-state index in [4.69, 9.17) is 4.74 Å². The van der Waals surface area contributed by atoms with Gasteiger partial charge in [0.2, 0.25) is 11.8 Å². The van der Waals surface area contributed by atoms with Crippen LogP contribution in [-0.4, -0.2) is 35.3 Å². The summed E-state index contributed by atoms with van der Waals surface area (Å²) in [6, 6.07) is 28.0. The number of amides is 2. The normalized spacial score (nSPS) is 25.9. The second kappa shape index (κ2) is 8.88. The van der Waals surface area contributed by atoms with Crippen molar-refractivity contribution in [1.82, 2.24) is 10.2 Å². The Balaban J connectivity index is 1.61. The molecule has 0 spiro atoms. The molecule has 6 nitrogen and oxygen atoms in total. The maximum Gasteiger partial charge on any atom is 0.327 e. The number of hydrogen-bond donors (Lipinski definition) is 1. The van der Waals surface area contributed by atoms with E-state index in [1.807, 2.05) is 91.0 Å². The number of methoxy groups -OCH3 is 1.